The molecule has 0 aromatic heterocycles. The molecule has 13 heavy (non-hydrogen) atoms. The zero-order chi connectivity index (χ0) is 8.97. The average molecular weight is 185 g/mol. The molecule has 0 saturated heterocycles. The Morgan fingerprint density at radius 3 is 2.31 bits per heavy atom. The normalized spacial score (nSPS) is 8.23. The van der Waals surface area contributed by atoms with E-state index in [4.69, 9.17) is 10.4 Å². The fourth-order valence-electron chi connectivity index (χ4n) is 0.872. The number of nitriles is 1. The SMILES string of the molecule is N#Cc1ccc(CC(=O)O)cc1.[NaH]. The quantitative estimate of drug-likeness (QED) is 0.684. The molecule has 3 nitrogen and oxygen atoms in total. The number of carboxylic acid groups (broad SMARTS) is 1. The summed E-state index contributed by atoms with van der Waals surface area (Å²) in [7, 11) is 0. The van der Waals surface area contributed by atoms with Crippen LogP contribution >= 0.6 is 0 Å². The van der Waals surface area contributed by atoms with Gasteiger partial charge in [0.15, 0.2) is 0 Å². The van der Waals surface area contributed by atoms with Crippen molar-refractivity contribution in [3.63, 3.8) is 0 Å². The number of benzene rings is 1. The molecule has 1 aromatic carbocycles. The summed E-state index contributed by atoms with van der Waals surface area (Å²) in [6.07, 6.45) is 0.00566. The summed E-state index contributed by atoms with van der Waals surface area (Å²) < 4.78 is 0. The number of hydrogen-bond acceptors (Lipinski definition) is 2. The minimum absolute atomic E-state index is 0. The Labute approximate surface area is 98.3 Å². The van der Waals surface area contributed by atoms with Gasteiger partial charge < -0.3 is 5.11 Å². The van der Waals surface area contributed by atoms with Crippen LogP contribution in [-0.2, 0) is 11.2 Å². The Bertz CT molecular complexity index is 326. The number of aliphatic carboxylic acids is 1. The summed E-state index contributed by atoms with van der Waals surface area (Å²) in [4.78, 5) is 10.3. The van der Waals surface area contributed by atoms with Crippen LogP contribution in [0.2, 0.25) is 0 Å². The monoisotopic (exact) mass is 185 g/mol. The molecule has 0 saturated carbocycles. The van der Waals surface area contributed by atoms with Gasteiger partial charge >= 0.3 is 35.5 Å². The van der Waals surface area contributed by atoms with Crippen LogP contribution in [0.5, 0.6) is 0 Å². The van der Waals surface area contributed by atoms with E-state index >= 15 is 0 Å². The Hall–Kier alpha value is -0.820. The molecule has 0 fully saturated rings. The Morgan fingerprint density at radius 2 is 1.92 bits per heavy atom. The molecule has 0 atom stereocenters. The summed E-state index contributed by atoms with van der Waals surface area (Å²) in [5, 5.41) is 16.9. The average Bonchev–Trinajstić information content (AvgIpc) is 2.05. The van der Waals surface area contributed by atoms with Crippen molar-refractivity contribution < 1.29 is 9.90 Å². The summed E-state index contributed by atoms with van der Waals surface area (Å²) in [6, 6.07) is 8.47. The third-order valence-electron chi connectivity index (χ3n) is 1.44. The second-order valence-corrected chi connectivity index (χ2v) is 2.38. The van der Waals surface area contributed by atoms with E-state index in [1.54, 1.807) is 24.3 Å². The standard InChI is InChI=1S/C9H7NO2.Na.H/c10-6-8-3-1-7(2-4-8)5-9(11)12;;/h1-4H,5H2,(H,11,12);;. The molecule has 1 rings (SSSR count). The molecular formula is C9H8NNaO2. The van der Waals surface area contributed by atoms with E-state index < -0.39 is 5.97 Å². The van der Waals surface area contributed by atoms with Gasteiger partial charge in [-0.05, 0) is 17.7 Å². The predicted molar refractivity (Wildman–Crippen MR) is 49.6 cm³/mol. The van der Waals surface area contributed by atoms with E-state index in [9.17, 15) is 4.79 Å². The second-order valence-electron chi connectivity index (χ2n) is 2.38. The first-order chi connectivity index (χ1) is 5.72. The van der Waals surface area contributed by atoms with Crippen molar-refractivity contribution in [3.05, 3.63) is 35.4 Å². The van der Waals surface area contributed by atoms with E-state index in [0.29, 0.717) is 11.1 Å². The number of hydrogen-bond donors (Lipinski definition) is 1. The minimum atomic E-state index is -0.861. The molecule has 0 radical (unpaired) electrons. The molecule has 1 aromatic rings. The molecular weight excluding hydrogens is 177 g/mol. The van der Waals surface area contributed by atoms with Crippen LogP contribution in [0.15, 0.2) is 24.3 Å². The third kappa shape index (κ3) is 4.09. The summed E-state index contributed by atoms with van der Waals surface area (Å²) in [5.74, 6) is -0.861. The van der Waals surface area contributed by atoms with Crippen LogP contribution in [0.4, 0.5) is 0 Å². The van der Waals surface area contributed by atoms with Crippen LogP contribution in [0, 0.1) is 11.3 Å². The maximum absolute atomic E-state index is 10.3. The van der Waals surface area contributed by atoms with Gasteiger partial charge in [0, 0.05) is 0 Å². The molecule has 0 spiro atoms. The number of rotatable bonds is 2. The van der Waals surface area contributed by atoms with E-state index in [2.05, 4.69) is 0 Å². The Kier molecular flexibility index (Phi) is 5.40. The first kappa shape index (κ1) is 12.2. The van der Waals surface area contributed by atoms with Crippen molar-refractivity contribution in [1.82, 2.24) is 0 Å². The summed E-state index contributed by atoms with van der Waals surface area (Å²) in [5.41, 5.74) is 1.26. The first-order valence-corrected chi connectivity index (χ1v) is 3.43. The number of carboxylic acids is 1. The van der Waals surface area contributed by atoms with E-state index in [0.717, 1.165) is 0 Å². The molecule has 1 N–H and O–H groups in total. The predicted octanol–water partition coefficient (Wildman–Crippen LogP) is 0.537. The molecule has 62 valence electrons. The molecule has 0 aliphatic heterocycles. The first-order valence-electron chi connectivity index (χ1n) is 3.43. The van der Waals surface area contributed by atoms with Crippen LogP contribution in [-0.4, -0.2) is 40.6 Å². The van der Waals surface area contributed by atoms with Crippen LogP contribution in [0.3, 0.4) is 0 Å². The van der Waals surface area contributed by atoms with Gasteiger partial charge in [0.2, 0.25) is 0 Å². The van der Waals surface area contributed by atoms with Gasteiger partial charge in [-0.3, -0.25) is 4.79 Å². The van der Waals surface area contributed by atoms with Crippen molar-refractivity contribution in [1.29, 1.82) is 5.26 Å². The number of nitrogens with zero attached hydrogens (tertiary/aromatic N) is 1. The molecule has 0 heterocycles. The number of carbonyl (C=O) groups is 1. The topological polar surface area (TPSA) is 61.1 Å². The summed E-state index contributed by atoms with van der Waals surface area (Å²) in [6.45, 7) is 0. The molecule has 0 aliphatic carbocycles. The van der Waals surface area contributed by atoms with E-state index in [-0.39, 0.29) is 36.0 Å². The summed E-state index contributed by atoms with van der Waals surface area (Å²) >= 11 is 0. The van der Waals surface area contributed by atoms with Crippen LogP contribution in [0.25, 0.3) is 0 Å². The van der Waals surface area contributed by atoms with Crippen molar-refractivity contribution >= 4 is 35.5 Å². The Morgan fingerprint density at radius 1 is 1.38 bits per heavy atom. The van der Waals surface area contributed by atoms with Gasteiger partial charge in [0.05, 0.1) is 18.1 Å². The van der Waals surface area contributed by atoms with Gasteiger partial charge in [-0.2, -0.15) is 5.26 Å². The zero-order valence-electron chi connectivity index (χ0n) is 6.32. The van der Waals surface area contributed by atoms with Gasteiger partial charge in [-0.15, -0.1) is 0 Å². The fourth-order valence-corrected chi connectivity index (χ4v) is 0.872. The molecule has 0 aliphatic rings. The van der Waals surface area contributed by atoms with Gasteiger partial charge in [0.1, 0.15) is 0 Å². The molecule has 4 heteroatoms. The van der Waals surface area contributed by atoms with Gasteiger partial charge in [-0.25, -0.2) is 0 Å². The molecule has 0 bridgehead atoms. The van der Waals surface area contributed by atoms with Crippen molar-refractivity contribution in [2.24, 2.45) is 0 Å². The van der Waals surface area contributed by atoms with E-state index in [1.165, 1.54) is 0 Å². The van der Waals surface area contributed by atoms with E-state index in [1.807, 2.05) is 6.07 Å². The van der Waals surface area contributed by atoms with Crippen LogP contribution < -0.4 is 0 Å². The maximum atomic E-state index is 10.3. The van der Waals surface area contributed by atoms with Crippen molar-refractivity contribution in [2.75, 3.05) is 0 Å². The second kappa shape index (κ2) is 5.76. The van der Waals surface area contributed by atoms with Crippen LogP contribution in [0.1, 0.15) is 11.1 Å². The van der Waals surface area contributed by atoms with Crippen molar-refractivity contribution in [3.8, 4) is 6.07 Å². The van der Waals surface area contributed by atoms with Gasteiger partial charge in [0.25, 0.3) is 0 Å². The Balaban J connectivity index is 0.00000144. The van der Waals surface area contributed by atoms with Crippen molar-refractivity contribution in [2.45, 2.75) is 6.42 Å². The zero-order valence-corrected chi connectivity index (χ0v) is 6.32. The molecule has 0 amide bonds. The fraction of sp³-hybridized carbons (Fsp3) is 0.111. The third-order valence-corrected chi connectivity index (χ3v) is 1.44. The molecule has 0 unspecified atom stereocenters. The van der Waals surface area contributed by atoms with Gasteiger partial charge in [-0.1, -0.05) is 12.1 Å².